The second-order valence-electron chi connectivity index (χ2n) is 12.0. The van der Waals surface area contributed by atoms with E-state index in [4.69, 9.17) is 29.2 Å². The molecule has 8 bridgehead atoms. The summed E-state index contributed by atoms with van der Waals surface area (Å²) in [5.74, 6) is -3.73. The summed E-state index contributed by atoms with van der Waals surface area (Å²) in [5, 5.41) is 11.5. The average molecular weight is 653 g/mol. The van der Waals surface area contributed by atoms with Gasteiger partial charge in [-0.1, -0.05) is 26.5 Å². The van der Waals surface area contributed by atoms with E-state index in [-0.39, 0.29) is 41.3 Å². The smallest absolute Gasteiger partial charge is 0.373 e. The van der Waals surface area contributed by atoms with Crippen LogP contribution in [0.3, 0.4) is 0 Å². The zero-order valence-electron chi connectivity index (χ0n) is 28.5. The fraction of sp³-hybridized carbons (Fsp3) is 0.351. The largest absolute Gasteiger partial charge is 0.501 e. The van der Waals surface area contributed by atoms with Crippen LogP contribution in [0.2, 0.25) is 0 Å². The molecule has 0 fully saturated rings. The summed E-state index contributed by atoms with van der Waals surface area (Å²) < 4.78 is 15.1. The van der Waals surface area contributed by atoms with Gasteiger partial charge in [0.2, 0.25) is 5.76 Å². The Labute approximate surface area is 279 Å². The Hall–Kier alpha value is -5.32. The maximum atomic E-state index is 13.4. The SMILES string of the molecule is C=Cc1c2[nH]c(c1C)C=C1N=C(C(=C(O)C(=O)OC)C3=NC(=CC4=NC(=C2)C(C)=C4CC)C(C)=C3C(=O)OC)C(CCC(=O)OC)C1C. The average Bonchev–Trinajstić information content (AvgIpc) is 3.75. The Morgan fingerprint density at radius 1 is 0.958 bits per heavy atom. The molecule has 5 heterocycles. The molecule has 0 amide bonds. The van der Waals surface area contributed by atoms with Gasteiger partial charge in [-0.05, 0) is 74.1 Å². The molecular weight excluding hydrogens is 612 g/mol. The highest BCUT2D eigenvalue weighted by Gasteiger charge is 2.42. The number of H-pyrrole nitrogens is 1. The predicted molar refractivity (Wildman–Crippen MR) is 185 cm³/mol. The van der Waals surface area contributed by atoms with E-state index in [0.29, 0.717) is 29.1 Å². The molecule has 48 heavy (non-hydrogen) atoms. The molecule has 2 unspecified atom stereocenters. The predicted octanol–water partition coefficient (Wildman–Crippen LogP) is 6.32. The normalized spacial score (nSPS) is 21.2. The van der Waals surface area contributed by atoms with Crippen LogP contribution in [0.25, 0.3) is 18.2 Å². The van der Waals surface area contributed by atoms with Crippen LogP contribution >= 0.6 is 0 Å². The minimum atomic E-state index is -1.04. The number of aliphatic imine (C=N–C) groups is 3. The number of carbonyl (C=O) groups is 3. The number of aliphatic hydroxyl groups excluding tert-OH is 1. The first-order valence-corrected chi connectivity index (χ1v) is 15.8. The number of aromatic nitrogens is 1. The van der Waals surface area contributed by atoms with Crippen LogP contribution in [0.4, 0.5) is 0 Å². The van der Waals surface area contributed by atoms with E-state index in [9.17, 15) is 19.5 Å². The third kappa shape index (κ3) is 5.74. The summed E-state index contributed by atoms with van der Waals surface area (Å²) >= 11 is 0. The van der Waals surface area contributed by atoms with E-state index in [1.54, 1.807) is 19.1 Å². The number of aliphatic hydroxyl groups is 1. The fourth-order valence-electron chi connectivity index (χ4n) is 6.65. The van der Waals surface area contributed by atoms with E-state index in [2.05, 4.69) is 11.6 Å². The topological polar surface area (TPSA) is 152 Å². The van der Waals surface area contributed by atoms with Crippen LogP contribution in [-0.4, -0.2) is 66.5 Å². The molecule has 5 rings (SSSR count). The number of ether oxygens (including phenoxy) is 3. The van der Waals surface area contributed by atoms with Gasteiger partial charge in [0.15, 0.2) is 0 Å². The van der Waals surface area contributed by atoms with Crippen molar-refractivity contribution in [3.8, 4) is 0 Å². The molecule has 0 aliphatic carbocycles. The molecule has 11 nitrogen and oxygen atoms in total. The monoisotopic (exact) mass is 652 g/mol. The molecule has 2 N–H and O–H groups in total. The fourth-order valence-corrected chi connectivity index (χ4v) is 6.65. The number of hydrogen-bond acceptors (Lipinski definition) is 10. The lowest BCUT2D eigenvalue weighted by Gasteiger charge is -2.21. The van der Waals surface area contributed by atoms with Crippen molar-refractivity contribution in [3.05, 3.63) is 85.9 Å². The van der Waals surface area contributed by atoms with Gasteiger partial charge in [0.25, 0.3) is 0 Å². The molecular formula is C37H40N4O7. The third-order valence-corrected chi connectivity index (χ3v) is 9.44. The second-order valence-corrected chi connectivity index (χ2v) is 12.0. The first kappa shape index (κ1) is 34.0. The summed E-state index contributed by atoms with van der Waals surface area (Å²) in [4.78, 5) is 57.2. The third-order valence-electron chi connectivity index (χ3n) is 9.44. The first-order valence-electron chi connectivity index (χ1n) is 15.8. The number of esters is 3. The zero-order chi connectivity index (χ0) is 35.0. The van der Waals surface area contributed by atoms with E-state index >= 15 is 0 Å². The van der Waals surface area contributed by atoms with Crippen LogP contribution < -0.4 is 0 Å². The molecule has 4 aliphatic heterocycles. The van der Waals surface area contributed by atoms with Crippen molar-refractivity contribution in [2.45, 2.75) is 53.9 Å². The van der Waals surface area contributed by atoms with Gasteiger partial charge in [0, 0.05) is 40.9 Å². The van der Waals surface area contributed by atoms with Gasteiger partial charge in [-0.2, -0.15) is 0 Å². The Kier molecular flexibility index (Phi) is 9.52. The van der Waals surface area contributed by atoms with E-state index in [1.165, 1.54) is 14.2 Å². The van der Waals surface area contributed by atoms with Crippen LogP contribution in [0, 0.1) is 18.8 Å². The lowest BCUT2D eigenvalue weighted by Crippen LogP contribution is -2.29. The standard InChI is InChI=1S/C37H40N4O7/c1-10-21-17(3)24-14-26-19(5)23(12-13-30(42)46-7)33(40-26)32(35(43)37(45)48-9)34-31(36(44)47-8)20(6)27(41-34)16-29-22(11-2)18(4)25(39-29)15-28(21)38-24/h10,14-16,19,23,38,43H,1,11-13H2,2-9H3. The van der Waals surface area contributed by atoms with Gasteiger partial charge in [0.1, 0.15) is 0 Å². The van der Waals surface area contributed by atoms with Crippen molar-refractivity contribution in [3.63, 3.8) is 0 Å². The number of carbonyl (C=O) groups excluding carboxylic acids is 3. The van der Waals surface area contributed by atoms with Crippen molar-refractivity contribution < 1.29 is 33.7 Å². The van der Waals surface area contributed by atoms with E-state index in [0.717, 1.165) is 46.5 Å². The number of nitrogens with one attached hydrogen (secondary N) is 1. The molecule has 250 valence electrons. The van der Waals surface area contributed by atoms with E-state index < -0.39 is 29.6 Å². The molecule has 4 aliphatic rings. The van der Waals surface area contributed by atoms with Crippen molar-refractivity contribution >= 4 is 53.3 Å². The van der Waals surface area contributed by atoms with Gasteiger partial charge < -0.3 is 24.3 Å². The maximum absolute atomic E-state index is 13.4. The minimum Gasteiger partial charge on any atom is -0.501 e. The number of aromatic amines is 1. The van der Waals surface area contributed by atoms with Gasteiger partial charge in [-0.25, -0.2) is 19.6 Å². The molecule has 0 spiro atoms. The van der Waals surface area contributed by atoms with Crippen LogP contribution in [0.1, 0.15) is 69.5 Å². The lowest BCUT2D eigenvalue weighted by molar-refractivity contribution is -0.141. The Bertz CT molecular complexity index is 1940. The van der Waals surface area contributed by atoms with Gasteiger partial charge >= 0.3 is 17.9 Å². The number of rotatable bonds is 7. The quantitative estimate of drug-likeness (QED) is 0.151. The molecule has 11 heteroatoms. The minimum absolute atomic E-state index is 0.0104. The summed E-state index contributed by atoms with van der Waals surface area (Å²) in [6.07, 6.45) is 8.52. The van der Waals surface area contributed by atoms with Crippen LogP contribution in [-0.2, 0) is 28.6 Å². The summed E-state index contributed by atoms with van der Waals surface area (Å²) in [6, 6.07) is 0. The number of fused-ring (bicyclic) bond motifs is 5. The number of methoxy groups -OCH3 is 3. The summed E-state index contributed by atoms with van der Waals surface area (Å²) in [7, 11) is 3.71. The Morgan fingerprint density at radius 3 is 2.29 bits per heavy atom. The number of nitrogens with zero attached hydrogens (tertiary/aromatic N) is 3. The second kappa shape index (κ2) is 13.4. The van der Waals surface area contributed by atoms with Gasteiger partial charge in [0.05, 0.1) is 61.0 Å². The van der Waals surface area contributed by atoms with Crippen LogP contribution in [0.5, 0.6) is 0 Å². The zero-order valence-corrected chi connectivity index (χ0v) is 28.5. The maximum Gasteiger partial charge on any atom is 0.373 e. The molecule has 1 aromatic rings. The molecule has 0 radical (unpaired) electrons. The Balaban J connectivity index is 1.91. The molecule has 1 aromatic heterocycles. The van der Waals surface area contributed by atoms with Crippen molar-refractivity contribution in [2.75, 3.05) is 21.3 Å². The van der Waals surface area contributed by atoms with Crippen molar-refractivity contribution in [1.82, 2.24) is 4.98 Å². The molecule has 0 saturated carbocycles. The highest BCUT2D eigenvalue weighted by molar-refractivity contribution is 6.41. The van der Waals surface area contributed by atoms with Crippen molar-refractivity contribution in [2.24, 2.45) is 26.8 Å². The molecule has 2 atom stereocenters. The highest BCUT2D eigenvalue weighted by atomic mass is 16.5. The van der Waals surface area contributed by atoms with Crippen molar-refractivity contribution in [1.29, 1.82) is 0 Å². The molecule has 0 aromatic carbocycles. The summed E-state index contributed by atoms with van der Waals surface area (Å²) in [6.45, 7) is 13.8. The number of allylic oxidation sites excluding steroid dienone is 6. The summed E-state index contributed by atoms with van der Waals surface area (Å²) in [5.41, 5.74) is 8.71. The first-order chi connectivity index (χ1) is 22.9. The van der Waals surface area contributed by atoms with Gasteiger partial charge in [-0.3, -0.25) is 9.79 Å². The van der Waals surface area contributed by atoms with Gasteiger partial charge in [-0.15, -0.1) is 0 Å². The Morgan fingerprint density at radius 2 is 1.67 bits per heavy atom. The highest BCUT2D eigenvalue weighted by Crippen LogP contribution is 2.42. The molecule has 0 saturated heterocycles. The lowest BCUT2D eigenvalue weighted by atomic mass is 9.81. The van der Waals surface area contributed by atoms with E-state index in [1.807, 2.05) is 39.8 Å². The van der Waals surface area contributed by atoms with Crippen LogP contribution in [0.15, 0.2) is 78.3 Å². The number of hydrogen-bond donors (Lipinski definition) is 2.